The molecule has 1 aliphatic heterocycles. The Kier molecular flexibility index (Phi) is 5.35. The summed E-state index contributed by atoms with van der Waals surface area (Å²) >= 11 is 1.87. The van der Waals surface area contributed by atoms with Crippen molar-refractivity contribution in [3.63, 3.8) is 0 Å². The number of thioether (sulfide) groups is 1. The Balaban J connectivity index is 1.74. The lowest BCUT2D eigenvalue weighted by atomic mass is 9.86. The Labute approximate surface area is 111 Å². The predicted octanol–water partition coefficient (Wildman–Crippen LogP) is 2.01. The number of hydrogen-bond donors (Lipinski definition) is 1. The molecular weight excluding hydrogens is 252 g/mol. The highest BCUT2D eigenvalue weighted by molar-refractivity contribution is 8.13. The normalized spacial score (nSPS) is 32.9. The number of fused-ring (bicyclic) bond motifs is 1. The molecule has 0 spiro atoms. The zero-order valence-electron chi connectivity index (χ0n) is 10.5. The van der Waals surface area contributed by atoms with Crippen LogP contribution < -0.4 is 5.32 Å². The standard InChI is InChI=1S/C12H22N2OS2/c1-17(15)8-4-7-13-12-14-11-6-3-2-5-10(11)9-16-12/h10-11H,2-9H2,1H3,(H,13,14). The van der Waals surface area contributed by atoms with E-state index in [1.54, 1.807) is 6.26 Å². The van der Waals surface area contributed by atoms with E-state index in [1.165, 1.54) is 31.4 Å². The van der Waals surface area contributed by atoms with Gasteiger partial charge in [0, 0.05) is 41.1 Å². The van der Waals surface area contributed by atoms with E-state index in [0.717, 1.165) is 29.8 Å². The van der Waals surface area contributed by atoms with Crippen molar-refractivity contribution in [3.05, 3.63) is 0 Å². The zero-order valence-corrected chi connectivity index (χ0v) is 12.1. The fraction of sp³-hybridized carbons (Fsp3) is 0.917. The molecule has 0 aromatic carbocycles. The smallest absolute Gasteiger partial charge is 0.156 e. The van der Waals surface area contributed by atoms with Gasteiger partial charge in [-0.1, -0.05) is 24.6 Å². The molecule has 1 saturated heterocycles. The monoisotopic (exact) mass is 274 g/mol. The fourth-order valence-electron chi connectivity index (χ4n) is 2.52. The number of nitrogens with one attached hydrogen (secondary N) is 1. The summed E-state index contributed by atoms with van der Waals surface area (Å²) in [5, 5.41) is 4.70. The van der Waals surface area contributed by atoms with Gasteiger partial charge in [0.25, 0.3) is 0 Å². The second kappa shape index (κ2) is 6.78. The molecule has 17 heavy (non-hydrogen) atoms. The quantitative estimate of drug-likeness (QED) is 0.797. The molecule has 1 N–H and O–H groups in total. The van der Waals surface area contributed by atoms with Crippen molar-refractivity contribution < 1.29 is 4.21 Å². The summed E-state index contributed by atoms with van der Waals surface area (Å²) in [4.78, 5) is 4.58. The SMILES string of the molecule is CS(=O)CCCN=C1NC2CCCCC2CS1. The zero-order chi connectivity index (χ0) is 12.1. The highest BCUT2D eigenvalue weighted by atomic mass is 32.2. The molecule has 3 atom stereocenters. The molecule has 0 aromatic heterocycles. The Bertz CT molecular complexity index is 307. The van der Waals surface area contributed by atoms with E-state index in [2.05, 4.69) is 10.3 Å². The average molecular weight is 274 g/mol. The maximum atomic E-state index is 10.9. The maximum Gasteiger partial charge on any atom is 0.156 e. The van der Waals surface area contributed by atoms with E-state index in [1.807, 2.05) is 11.8 Å². The molecular formula is C12H22N2OS2. The van der Waals surface area contributed by atoms with Crippen LogP contribution in [-0.2, 0) is 10.8 Å². The Morgan fingerprint density at radius 1 is 1.47 bits per heavy atom. The third kappa shape index (κ3) is 4.28. The van der Waals surface area contributed by atoms with Crippen LogP contribution in [-0.4, -0.2) is 39.7 Å². The van der Waals surface area contributed by atoms with Crippen molar-refractivity contribution in [3.8, 4) is 0 Å². The highest BCUT2D eigenvalue weighted by Crippen LogP contribution is 2.31. The van der Waals surface area contributed by atoms with Gasteiger partial charge in [0.15, 0.2) is 5.17 Å². The van der Waals surface area contributed by atoms with Crippen LogP contribution in [0, 0.1) is 5.92 Å². The van der Waals surface area contributed by atoms with Crippen LogP contribution in [0.5, 0.6) is 0 Å². The minimum Gasteiger partial charge on any atom is -0.362 e. The Morgan fingerprint density at radius 2 is 2.29 bits per heavy atom. The molecule has 2 aliphatic rings. The van der Waals surface area contributed by atoms with E-state index in [9.17, 15) is 4.21 Å². The molecule has 98 valence electrons. The third-order valence-electron chi connectivity index (χ3n) is 3.50. The Morgan fingerprint density at radius 3 is 3.12 bits per heavy atom. The summed E-state index contributed by atoms with van der Waals surface area (Å²) in [5.74, 6) is 2.86. The lowest BCUT2D eigenvalue weighted by Gasteiger charge is -2.36. The highest BCUT2D eigenvalue weighted by Gasteiger charge is 2.29. The van der Waals surface area contributed by atoms with Crippen molar-refractivity contribution >= 4 is 27.7 Å². The van der Waals surface area contributed by atoms with E-state index < -0.39 is 10.8 Å². The van der Waals surface area contributed by atoms with E-state index in [-0.39, 0.29) is 0 Å². The van der Waals surface area contributed by atoms with Crippen LogP contribution in [0.4, 0.5) is 0 Å². The second-order valence-corrected chi connectivity index (χ2v) is 7.49. The number of amidine groups is 1. The van der Waals surface area contributed by atoms with Gasteiger partial charge in [0.2, 0.25) is 0 Å². The van der Waals surface area contributed by atoms with Gasteiger partial charge < -0.3 is 5.32 Å². The fourth-order valence-corrected chi connectivity index (χ4v) is 4.25. The van der Waals surface area contributed by atoms with Crippen molar-refractivity contribution in [1.29, 1.82) is 0 Å². The van der Waals surface area contributed by atoms with Crippen molar-refractivity contribution in [2.75, 3.05) is 24.3 Å². The molecule has 3 unspecified atom stereocenters. The maximum absolute atomic E-state index is 10.9. The van der Waals surface area contributed by atoms with Gasteiger partial charge in [-0.2, -0.15) is 0 Å². The Hall–Kier alpha value is -0.0300. The number of nitrogens with zero attached hydrogens (tertiary/aromatic N) is 1. The van der Waals surface area contributed by atoms with Gasteiger partial charge in [-0.05, 0) is 25.2 Å². The van der Waals surface area contributed by atoms with Crippen LogP contribution in [0.3, 0.4) is 0 Å². The van der Waals surface area contributed by atoms with Crippen LogP contribution in [0.15, 0.2) is 4.99 Å². The van der Waals surface area contributed by atoms with Gasteiger partial charge in [0.1, 0.15) is 0 Å². The average Bonchev–Trinajstić information content (AvgIpc) is 2.34. The van der Waals surface area contributed by atoms with Gasteiger partial charge in [-0.3, -0.25) is 9.20 Å². The van der Waals surface area contributed by atoms with E-state index in [0.29, 0.717) is 6.04 Å². The first-order valence-electron chi connectivity index (χ1n) is 6.49. The van der Waals surface area contributed by atoms with Crippen LogP contribution >= 0.6 is 11.8 Å². The molecule has 0 amide bonds. The van der Waals surface area contributed by atoms with Crippen LogP contribution in [0.2, 0.25) is 0 Å². The summed E-state index contributed by atoms with van der Waals surface area (Å²) in [7, 11) is -0.675. The molecule has 0 bridgehead atoms. The molecule has 5 heteroatoms. The van der Waals surface area contributed by atoms with Crippen molar-refractivity contribution in [2.45, 2.75) is 38.1 Å². The molecule has 1 heterocycles. The first-order chi connectivity index (χ1) is 8.25. The summed E-state index contributed by atoms with van der Waals surface area (Å²) in [5.41, 5.74) is 0. The van der Waals surface area contributed by atoms with Crippen molar-refractivity contribution in [1.82, 2.24) is 5.32 Å². The lowest BCUT2D eigenvalue weighted by Crippen LogP contribution is -2.46. The summed E-state index contributed by atoms with van der Waals surface area (Å²) in [6.45, 7) is 0.812. The summed E-state index contributed by atoms with van der Waals surface area (Å²) < 4.78 is 10.9. The third-order valence-corrected chi connectivity index (χ3v) is 5.48. The molecule has 0 radical (unpaired) electrons. The predicted molar refractivity (Wildman–Crippen MR) is 77.2 cm³/mol. The van der Waals surface area contributed by atoms with Gasteiger partial charge in [0.05, 0.1) is 0 Å². The van der Waals surface area contributed by atoms with E-state index >= 15 is 0 Å². The van der Waals surface area contributed by atoms with Crippen LogP contribution in [0.1, 0.15) is 32.1 Å². The first kappa shape index (κ1) is 13.4. The number of rotatable bonds is 4. The van der Waals surface area contributed by atoms with Gasteiger partial charge in [-0.15, -0.1) is 0 Å². The lowest BCUT2D eigenvalue weighted by molar-refractivity contribution is 0.311. The molecule has 2 rings (SSSR count). The topological polar surface area (TPSA) is 41.5 Å². The minimum absolute atomic E-state index is 0.670. The summed E-state index contributed by atoms with van der Waals surface area (Å²) in [6.07, 6.45) is 8.14. The molecule has 2 fully saturated rings. The first-order valence-corrected chi connectivity index (χ1v) is 9.21. The largest absolute Gasteiger partial charge is 0.362 e. The minimum atomic E-state index is -0.675. The number of aliphatic imine (C=N–C) groups is 1. The second-order valence-electron chi connectivity index (χ2n) is 4.92. The molecule has 1 saturated carbocycles. The van der Waals surface area contributed by atoms with Gasteiger partial charge in [-0.25, -0.2) is 0 Å². The number of hydrogen-bond acceptors (Lipinski definition) is 3. The van der Waals surface area contributed by atoms with Crippen molar-refractivity contribution in [2.24, 2.45) is 10.9 Å². The molecule has 3 nitrogen and oxygen atoms in total. The van der Waals surface area contributed by atoms with Crippen LogP contribution in [0.25, 0.3) is 0 Å². The molecule has 1 aliphatic carbocycles. The van der Waals surface area contributed by atoms with Gasteiger partial charge >= 0.3 is 0 Å². The summed E-state index contributed by atoms with van der Waals surface area (Å²) in [6, 6.07) is 0.670. The molecule has 0 aromatic rings. The van der Waals surface area contributed by atoms with E-state index in [4.69, 9.17) is 0 Å².